The van der Waals surface area contributed by atoms with E-state index in [4.69, 9.17) is 0 Å². The zero-order valence-corrected chi connectivity index (χ0v) is 17.5. The summed E-state index contributed by atoms with van der Waals surface area (Å²) in [4.78, 5) is 17.0. The molecule has 3 rings (SSSR count). The van der Waals surface area contributed by atoms with Gasteiger partial charge in [-0.1, -0.05) is 18.2 Å². The van der Waals surface area contributed by atoms with Gasteiger partial charge in [0.05, 0.1) is 4.90 Å². The van der Waals surface area contributed by atoms with Crippen molar-refractivity contribution in [2.24, 2.45) is 0 Å². The van der Waals surface area contributed by atoms with Gasteiger partial charge in [0.15, 0.2) is 9.84 Å². The van der Waals surface area contributed by atoms with Crippen molar-refractivity contribution < 1.29 is 17.6 Å². The van der Waals surface area contributed by atoms with Crippen LogP contribution in [0.2, 0.25) is 0 Å². The fourth-order valence-corrected chi connectivity index (χ4v) is 4.60. The van der Waals surface area contributed by atoms with Crippen molar-refractivity contribution in [3.63, 3.8) is 0 Å². The topological polar surface area (TPSA) is 69.7 Å². The van der Waals surface area contributed by atoms with E-state index >= 15 is 0 Å². The van der Waals surface area contributed by atoms with Crippen molar-refractivity contribution in [2.45, 2.75) is 23.6 Å². The molecule has 1 heterocycles. The Kier molecular flexibility index (Phi) is 6.54. The van der Waals surface area contributed by atoms with Gasteiger partial charge < -0.3 is 15.1 Å². The SMILES string of the molecule is CC(C(=O)NCc1ccccc1N1CCN(C)CC1)S(=O)(=O)c1ccc(F)cc1. The number of nitrogens with zero attached hydrogens (tertiary/aromatic N) is 2. The van der Waals surface area contributed by atoms with Crippen LogP contribution in [-0.2, 0) is 21.2 Å². The number of likely N-dealkylation sites (N-methyl/N-ethyl adjacent to an activating group) is 1. The van der Waals surface area contributed by atoms with E-state index in [0.717, 1.165) is 49.6 Å². The van der Waals surface area contributed by atoms with Crippen molar-refractivity contribution >= 4 is 21.4 Å². The third-order valence-corrected chi connectivity index (χ3v) is 7.34. The Morgan fingerprint density at radius 2 is 1.69 bits per heavy atom. The van der Waals surface area contributed by atoms with Gasteiger partial charge in [-0.15, -0.1) is 0 Å². The molecule has 1 N–H and O–H groups in total. The first-order valence-electron chi connectivity index (χ1n) is 9.57. The van der Waals surface area contributed by atoms with E-state index in [1.54, 1.807) is 0 Å². The van der Waals surface area contributed by atoms with Gasteiger partial charge in [0.25, 0.3) is 0 Å². The van der Waals surface area contributed by atoms with Crippen molar-refractivity contribution in [2.75, 3.05) is 38.1 Å². The summed E-state index contributed by atoms with van der Waals surface area (Å²) in [6, 6.07) is 12.3. The van der Waals surface area contributed by atoms with Crippen LogP contribution in [0.4, 0.5) is 10.1 Å². The number of halogens is 1. The molecule has 0 spiro atoms. The van der Waals surface area contributed by atoms with Crippen LogP contribution in [0.25, 0.3) is 0 Å². The maximum atomic E-state index is 13.1. The molecule has 0 aromatic heterocycles. The molecule has 29 heavy (non-hydrogen) atoms. The lowest BCUT2D eigenvalue weighted by Crippen LogP contribution is -2.45. The van der Waals surface area contributed by atoms with Crippen LogP contribution in [-0.4, -0.2) is 57.7 Å². The molecule has 6 nitrogen and oxygen atoms in total. The Balaban J connectivity index is 1.68. The summed E-state index contributed by atoms with van der Waals surface area (Å²) in [5, 5.41) is 1.47. The molecule has 0 radical (unpaired) electrons. The first-order chi connectivity index (χ1) is 13.8. The minimum atomic E-state index is -3.89. The van der Waals surface area contributed by atoms with Crippen LogP contribution < -0.4 is 10.2 Å². The van der Waals surface area contributed by atoms with Crippen molar-refractivity contribution in [1.29, 1.82) is 0 Å². The molecule has 0 saturated carbocycles. The summed E-state index contributed by atoms with van der Waals surface area (Å²) in [5.74, 6) is -1.11. The number of para-hydroxylation sites is 1. The molecule has 1 atom stereocenters. The number of hydrogen-bond acceptors (Lipinski definition) is 5. The lowest BCUT2D eigenvalue weighted by molar-refractivity contribution is -0.120. The normalized spacial score (nSPS) is 16.4. The number of hydrogen-bond donors (Lipinski definition) is 1. The van der Waals surface area contributed by atoms with Crippen molar-refractivity contribution in [1.82, 2.24) is 10.2 Å². The summed E-state index contributed by atoms with van der Waals surface area (Å²) in [7, 11) is -1.80. The summed E-state index contributed by atoms with van der Waals surface area (Å²) in [5.41, 5.74) is 1.99. The maximum absolute atomic E-state index is 13.1. The van der Waals surface area contributed by atoms with Crippen LogP contribution in [0.1, 0.15) is 12.5 Å². The summed E-state index contributed by atoms with van der Waals surface area (Å²) in [6.45, 7) is 5.32. The van der Waals surface area contributed by atoms with Crippen LogP contribution in [0.15, 0.2) is 53.4 Å². The van der Waals surface area contributed by atoms with Gasteiger partial charge in [-0.2, -0.15) is 0 Å². The second-order valence-corrected chi connectivity index (χ2v) is 9.55. The smallest absolute Gasteiger partial charge is 0.238 e. The number of anilines is 1. The number of sulfone groups is 1. The van der Waals surface area contributed by atoms with Gasteiger partial charge in [0.1, 0.15) is 11.1 Å². The second-order valence-electron chi connectivity index (χ2n) is 7.28. The number of carbonyl (C=O) groups excluding carboxylic acids is 1. The first-order valence-corrected chi connectivity index (χ1v) is 11.1. The highest BCUT2D eigenvalue weighted by atomic mass is 32.2. The summed E-state index contributed by atoms with van der Waals surface area (Å²) in [6.07, 6.45) is 0. The molecule has 1 amide bonds. The van der Waals surface area contributed by atoms with Gasteiger partial charge >= 0.3 is 0 Å². The Bertz CT molecular complexity index is 955. The average molecular weight is 420 g/mol. The lowest BCUT2D eigenvalue weighted by Gasteiger charge is -2.35. The highest BCUT2D eigenvalue weighted by molar-refractivity contribution is 7.92. The van der Waals surface area contributed by atoms with E-state index in [-0.39, 0.29) is 11.4 Å². The minimum Gasteiger partial charge on any atom is -0.369 e. The Morgan fingerprint density at radius 3 is 2.34 bits per heavy atom. The predicted octanol–water partition coefficient (Wildman–Crippen LogP) is 2.06. The van der Waals surface area contributed by atoms with Crippen LogP contribution in [0, 0.1) is 5.82 Å². The highest BCUT2D eigenvalue weighted by Gasteiger charge is 2.29. The summed E-state index contributed by atoms with van der Waals surface area (Å²) >= 11 is 0. The number of nitrogens with one attached hydrogen (secondary N) is 1. The molecular weight excluding hydrogens is 393 g/mol. The number of benzene rings is 2. The third kappa shape index (κ3) is 4.94. The van der Waals surface area contributed by atoms with Gasteiger partial charge in [-0.3, -0.25) is 4.79 Å². The lowest BCUT2D eigenvalue weighted by atomic mass is 10.1. The fourth-order valence-electron chi connectivity index (χ4n) is 3.31. The van der Waals surface area contributed by atoms with Crippen LogP contribution in [0.3, 0.4) is 0 Å². The quantitative estimate of drug-likeness (QED) is 0.726. The van der Waals surface area contributed by atoms with E-state index in [1.165, 1.54) is 19.1 Å². The minimum absolute atomic E-state index is 0.0700. The zero-order chi connectivity index (χ0) is 21.0. The predicted molar refractivity (Wildman–Crippen MR) is 111 cm³/mol. The molecule has 1 unspecified atom stereocenters. The largest absolute Gasteiger partial charge is 0.369 e. The molecule has 1 aliphatic heterocycles. The average Bonchev–Trinajstić information content (AvgIpc) is 2.72. The Hall–Kier alpha value is -2.45. The Labute approximate surface area is 171 Å². The number of piperazine rings is 1. The molecule has 1 aliphatic rings. The first kappa shape index (κ1) is 21.3. The number of rotatable bonds is 6. The molecule has 2 aromatic rings. The van der Waals surface area contributed by atoms with Crippen LogP contribution in [0.5, 0.6) is 0 Å². The van der Waals surface area contributed by atoms with E-state index in [0.29, 0.717) is 0 Å². The van der Waals surface area contributed by atoms with E-state index in [2.05, 4.69) is 22.2 Å². The van der Waals surface area contributed by atoms with Gasteiger partial charge in [-0.25, -0.2) is 12.8 Å². The second kappa shape index (κ2) is 8.92. The molecule has 0 bridgehead atoms. The molecule has 156 valence electrons. The fraction of sp³-hybridized carbons (Fsp3) is 0.381. The molecule has 2 aromatic carbocycles. The van der Waals surface area contributed by atoms with E-state index in [1.807, 2.05) is 24.3 Å². The Morgan fingerprint density at radius 1 is 1.07 bits per heavy atom. The van der Waals surface area contributed by atoms with Gasteiger partial charge in [0, 0.05) is 38.4 Å². The number of carbonyl (C=O) groups is 1. The molecular formula is C21H26FN3O3S. The number of amides is 1. The molecule has 0 aliphatic carbocycles. The van der Waals surface area contributed by atoms with E-state index < -0.39 is 26.8 Å². The van der Waals surface area contributed by atoms with Gasteiger partial charge in [0.2, 0.25) is 5.91 Å². The molecule has 1 saturated heterocycles. The standard InChI is InChI=1S/C21H26FN3O3S/c1-16(29(27,28)19-9-7-18(22)8-10-19)21(26)23-15-17-5-3-4-6-20(17)25-13-11-24(2)12-14-25/h3-10,16H,11-15H2,1-2H3,(H,23,26). The summed E-state index contributed by atoms with van der Waals surface area (Å²) < 4.78 is 38.4. The zero-order valence-electron chi connectivity index (χ0n) is 16.6. The maximum Gasteiger partial charge on any atom is 0.238 e. The van der Waals surface area contributed by atoms with Crippen molar-refractivity contribution in [3.05, 3.63) is 59.9 Å². The highest BCUT2D eigenvalue weighted by Crippen LogP contribution is 2.22. The third-order valence-electron chi connectivity index (χ3n) is 5.27. The van der Waals surface area contributed by atoms with Gasteiger partial charge in [-0.05, 0) is 49.9 Å². The van der Waals surface area contributed by atoms with Crippen LogP contribution >= 0.6 is 0 Å². The monoisotopic (exact) mass is 419 g/mol. The molecule has 8 heteroatoms. The van der Waals surface area contributed by atoms with E-state index in [9.17, 15) is 17.6 Å². The van der Waals surface area contributed by atoms with Crippen molar-refractivity contribution in [3.8, 4) is 0 Å². The molecule has 1 fully saturated rings.